The number of hydrogen-bond donors (Lipinski definition) is 1. The van der Waals surface area contributed by atoms with E-state index < -0.39 is 0 Å². The highest BCUT2D eigenvalue weighted by Crippen LogP contribution is 2.27. The van der Waals surface area contributed by atoms with Gasteiger partial charge in [-0.25, -0.2) is 4.98 Å². The Kier molecular flexibility index (Phi) is 3.99. The standard InChI is InChI=1S/C18H15N5OS/c1-2-12-8-9-14-16(10-12)25-18(20-14)21-17(24)15-11-19-23(22-15)13-6-4-3-5-7-13/h3-11H,2H2,1H3,(H,20,21,24). The molecule has 4 aromatic rings. The van der Waals surface area contributed by atoms with Crippen molar-refractivity contribution in [3.63, 3.8) is 0 Å². The Labute approximate surface area is 148 Å². The first-order valence-corrected chi connectivity index (χ1v) is 8.73. The molecule has 0 unspecified atom stereocenters. The van der Waals surface area contributed by atoms with Crippen molar-refractivity contribution in [1.29, 1.82) is 0 Å². The van der Waals surface area contributed by atoms with Crippen LogP contribution in [0.25, 0.3) is 15.9 Å². The lowest BCUT2D eigenvalue weighted by molar-refractivity contribution is 0.102. The highest BCUT2D eigenvalue weighted by atomic mass is 32.1. The van der Waals surface area contributed by atoms with Gasteiger partial charge in [0, 0.05) is 0 Å². The molecule has 0 saturated heterocycles. The van der Waals surface area contributed by atoms with Crippen LogP contribution in [0, 0.1) is 0 Å². The van der Waals surface area contributed by atoms with Crippen LogP contribution < -0.4 is 5.32 Å². The maximum absolute atomic E-state index is 12.4. The molecule has 2 aromatic carbocycles. The lowest BCUT2D eigenvalue weighted by Crippen LogP contribution is -2.13. The first-order chi connectivity index (χ1) is 12.2. The predicted molar refractivity (Wildman–Crippen MR) is 98.3 cm³/mol. The van der Waals surface area contributed by atoms with Gasteiger partial charge in [-0.1, -0.05) is 42.5 Å². The van der Waals surface area contributed by atoms with Gasteiger partial charge in [0.1, 0.15) is 0 Å². The fraction of sp³-hybridized carbons (Fsp3) is 0.111. The monoisotopic (exact) mass is 349 g/mol. The second-order valence-electron chi connectivity index (χ2n) is 5.48. The Morgan fingerprint density at radius 3 is 2.84 bits per heavy atom. The molecular weight excluding hydrogens is 334 g/mol. The van der Waals surface area contributed by atoms with Crippen LogP contribution in [0.1, 0.15) is 23.0 Å². The van der Waals surface area contributed by atoms with Crippen molar-refractivity contribution >= 4 is 32.6 Å². The molecule has 1 amide bonds. The number of nitrogens with one attached hydrogen (secondary N) is 1. The fourth-order valence-corrected chi connectivity index (χ4v) is 3.38. The maximum Gasteiger partial charge on any atom is 0.279 e. The number of amides is 1. The number of anilines is 1. The number of hydrogen-bond acceptors (Lipinski definition) is 5. The van der Waals surface area contributed by atoms with Crippen molar-refractivity contribution in [2.24, 2.45) is 0 Å². The first kappa shape index (κ1) is 15.5. The number of aryl methyl sites for hydroxylation is 1. The molecule has 124 valence electrons. The van der Waals surface area contributed by atoms with Gasteiger partial charge in [-0.2, -0.15) is 9.90 Å². The largest absolute Gasteiger partial charge is 0.296 e. The Morgan fingerprint density at radius 1 is 1.20 bits per heavy atom. The van der Waals surface area contributed by atoms with Gasteiger partial charge in [-0.05, 0) is 36.2 Å². The van der Waals surface area contributed by atoms with Gasteiger partial charge in [0.15, 0.2) is 10.8 Å². The van der Waals surface area contributed by atoms with Crippen LogP contribution in [0.3, 0.4) is 0 Å². The van der Waals surface area contributed by atoms with Crippen molar-refractivity contribution in [3.8, 4) is 5.69 Å². The van der Waals surface area contributed by atoms with Crippen LogP contribution >= 0.6 is 11.3 Å². The zero-order valence-corrected chi connectivity index (χ0v) is 14.3. The summed E-state index contributed by atoms with van der Waals surface area (Å²) in [5.41, 5.74) is 3.18. The molecule has 0 radical (unpaired) electrons. The highest BCUT2D eigenvalue weighted by Gasteiger charge is 2.14. The van der Waals surface area contributed by atoms with Crippen LogP contribution in [-0.2, 0) is 6.42 Å². The summed E-state index contributed by atoms with van der Waals surface area (Å²) in [5, 5.41) is 11.7. The zero-order valence-electron chi connectivity index (χ0n) is 13.5. The average molecular weight is 349 g/mol. The molecule has 25 heavy (non-hydrogen) atoms. The Morgan fingerprint density at radius 2 is 2.04 bits per heavy atom. The molecule has 0 bridgehead atoms. The molecule has 0 aliphatic carbocycles. The van der Waals surface area contributed by atoms with Crippen molar-refractivity contribution in [3.05, 3.63) is 66.0 Å². The van der Waals surface area contributed by atoms with Gasteiger partial charge in [-0.15, -0.1) is 5.10 Å². The van der Waals surface area contributed by atoms with E-state index in [2.05, 4.69) is 39.6 Å². The minimum absolute atomic E-state index is 0.248. The number of carbonyl (C=O) groups excluding carboxylic acids is 1. The second kappa shape index (κ2) is 6.45. The lowest BCUT2D eigenvalue weighted by Gasteiger charge is -1.98. The van der Waals surface area contributed by atoms with Gasteiger partial charge in [0.25, 0.3) is 5.91 Å². The predicted octanol–water partition coefficient (Wildman–Crippen LogP) is 3.69. The van der Waals surface area contributed by atoms with E-state index in [0.717, 1.165) is 22.3 Å². The molecule has 4 rings (SSSR count). The van der Waals surface area contributed by atoms with Crippen LogP contribution in [0.5, 0.6) is 0 Å². The molecule has 0 atom stereocenters. The van der Waals surface area contributed by atoms with Crippen LogP contribution in [0.4, 0.5) is 5.13 Å². The molecule has 2 aromatic heterocycles. The number of carbonyl (C=O) groups is 1. The van der Waals surface area contributed by atoms with E-state index in [0.29, 0.717) is 5.13 Å². The van der Waals surface area contributed by atoms with Gasteiger partial charge < -0.3 is 0 Å². The first-order valence-electron chi connectivity index (χ1n) is 7.91. The summed E-state index contributed by atoms with van der Waals surface area (Å²) in [5.74, 6) is -0.322. The summed E-state index contributed by atoms with van der Waals surface area (Å²) in [6.07, 6.45) is 2.42. The summed E-state index contributed by atoms with van der Waals surface area (Å²) in [4.78, 5) is 18.3. The number of aromatic nitrogens is 4. The fourth-order valence-electron chi connectivity index (χ4n) is 2.46. The molecule has 6 nitrogen and oxygen atoms in total. The molecular formula is C18H15N5OS. The highest BCUT2D eigenvalue weighted by molar-refractivity contribution is 7.22. The number of rotatable bonds is 4. The summed E-state index contributed by atoms with van der Waals surface area (Å²) in [6, 6.07) is 15.6. The average Bonchev–Trinajstić information content (AvgIpc) is 3.28. The molecule has 0 aliphatic rings. The molecule has 7 heteroatoms. The van der Waals surface area contributed by atoms with E-state index in [9.17, 15) is 4.79 Å². The molecule has 0 saturated carbocycles. The SMILES string of the molecule is CCc1ccc2nc(NC(=O)c3cnn(-c4ccccc4)n3)sc2c1. The van der Waals surface area contributed by atoms with Crippen molar-refractivity contribution < 1.29 is 4.79 Å². The van der Waals surface area contributed by atoms with Crippen molar-refractivity contribution in [1.82, 2.24) is 20.0 Å². The minimum atomic E-state index is -0.322. The van der Waals surface area contributed by atoms with E-state index in [-0.39, 0.29) is 11.6 Å². The second-order valence-corrected chi connectivity index (χ2v) is 6.51. The summed E-state index contributed by atoms with van der Waals surface area (Å²) in [7, 11) is 0. The van der Waals surface area contributed by atoms with E-state index in [1.807, 2.05) is 36.4 Å². The van der Waals surface area contributed by atoms with E-state index >= 15 is 0 Å². The summed E-state index contributed by atoms with van der Waals surface area (Å²) in [6.45, 7) is 2.11. The van der Waals surface area contributed by atoms with Gasteiger partial charge in [0.05, 0.1) is 22.1 Å². The molecule has 0 fully saturated rings. The third-order valence-electron chi connectivity index (χ3n) is 3.79. The van der Waals surface area contributed by atoms with Crippen LogP contribution in [0.15, 0.2) is 54.7 Å². The molecule has 2 heterocycles. The summed E-state index contributed by atoms with van der Waals surface area (Å²) < 4.78 is 1.06. The van der Waals surface area contributed by atoms with Gasteiger partial charge in [-0.3, -0.25) is 10.1 Å². The van der Waals surface area contributed by atoms with E-state index in [1.54, 1.807) is 0 Å². The van der Waals surface area contributed by atoms with Crippen LogP contribution in [-0.4, -0.2) is 25.9 Å². The third kappa shape index (κ3) is 3.14. The Balaban J connectivity index is 1.55. The number of thiazole rings is 1. The maximum atomic E-state index is 12.4. The van der Waals surface area contributed by atoms with Crippen LogP contribution in [0.2, 0.25) is 0 Å². The van der Waals surface area contributed by atoms with Crippen molar-refractivity contribution in [2.75, 3.05) is 5.32 Å². The van der Waals surface area contributed by atoms with E-state index in [4.69, 9.17) is 0 Å². The molecule has 0 spiro atoms. The van der Waals surface area contributed by atoms with Gasteiger partial charge in [0.2, 0.25) is 0 Å². The summed E-state index contributed by atoms with van der Waals surface area (Å²) >= 11 is 1.45. The molecule has 0 aliphatic heterocycles. The Hall–Kier alpha value is -3.06. The smallest absolute Gasteiger partial charge is 0.279 e. The van der Waals surface area contributed by atoms with Gasteiger partial charge >= 0.3 is 0 Å². The normalized spacial score (nSPS) is 10.9. The van der Waals surface area contributed by atoms with E-state index in [1.165, 1.54) is 27.9 Å². The number of fused-ring (bicyclic) bond motifs is 1. The zero-order chi connectivity index (χ0) is 17.2. The lowest BCUT2D eigenvalue weighted by atomic mass is 10.2. The number of nitrogens with zero attached hydrogens (tertiary/aromatic N) is 4. The number of benzene rings is 2. The quantitative estimate of drug-likeness (QED) is 0.610. The molecule has 1 N–H and O–H groups in total. The minimum Gasteiger partial charge on any atom is -0.296 e. The topological polar surface area (TPSA) is 72.7 Å². The third-order valence-corrected chi connectivity index (χ3v) is 4.73. The Bertz CT molecular complexity index is 1040. The number of para-hydroxylation sites is 1. The van der Waals surface area contributed by atoms with Crippen molar-refractivity contribution in [2.45, 2.75) is 13.3 Å².